The summed E-state index contributed by atoms with van der Waals surface area (Å²) >= 11 is 0. The molecule has 2 heteroatoms. The Labute approximate surface area is 135 Å². The summed E-state index contributed by atoms with van der Waals surface area (Å²) in [6.45, 7) is 0. The number of ether oxygens (including phenoxy) is 1. The van der Waals surface area contributed by atoms with Crippen LogP contribution in [0.5, 0.6) is 0 Å². The number of fused-ring (bicyclic) bond motifs is 1. The number of carbonyl (C=O) groups excluding carboxylic acids is 1. The zero-order valence-electron chi connectivity index (χ0n) is 13.0. The molecule has 0 saturated heterocycles. The van der Waals surface area contributed by atoms with Crippen LogP contribution >= 0.6 is 0 Å². The van der Waals surface area contributed by atoms with Gasteiger partial charge < -0.3 is 4.74 Å². The maximum Gasteiger partial charge on any atom is 0.316 e. The quantitative estimate of drug-likeness (QED) is 0.669. The van der Waals surface area contributed by atoms with Crippen molar-refractivity contribution in [3.05, 3.63) is 83.9 Å². The van der Waals surface area contributed by atoms with Gasteiger partial charge in [-0.2, -0.15) is 0 Å². The Balaban J connectivity index is 1.78. The van der Waals surface area contributed by atoms with E-state index in [9.17, 15) is 4.79 Å². The van der Waals surface area contributed by atoms with Crippen molar-refractivity contribution in [1.82, 2.24) is 0 Å². The molecule has 1 saturated carbocycles. The van der Waals surface area contributed by atoms with Gasteiger partial charge in [0.15, 0.2) is 0 Å². The van der Waals surface area contributed by atoms with Crippen LogP contribution < -0.4 is 0 Å². The molecular formula is C21H18O2. The molecule has 2 atom stereocenters. The highest BCUT2D eigenvalue weighted by atomic mass is 16.5. The summed E-state index contributed by atoms with van der Waals surface area (Å²) in [7, 11) is 1.47. The topological polar surface area (TPSA) is 26.3 Å². The van der Waals surface area contributed by atoms with E-state index in [2.05, 4.69) is 30.3 Å². The smallest absolute Gasteiger partial charge is 0.316 e. The number of hydrogen-bond donors (Lipinski definition) is 0. The molecular weight excluding hydrogens is 284 g/mol. The third-order valence-corrected chi connectivity index (χ3v) is 4.98. The van der Waals surface area contributed by atoms with Crippen molar-refractivity contribution in [2.24, 2.45) is 0 Å². The zero-order chi connectivity index (χ0) is 15.9. The molecule has 0 radical (unpaired) electrons. The van der Waals surface area contributed by atoms with E-state index in [0.717, 1.165) is 12.0 Å². The molecule has 4 rings (SSSR count). The molecule has 1 aliphatic rings. The largest absolute Gasteiger partial charge is 0.468 e. The SMILES string of the molecule is COC(=O)[C@]1(c2ccccc2)C[C@H]1c1ccc2ccccc2c1. The first kappa shape index (κ1) is 14.0. The normalized spacial score (nSPS) is 22.7. The van der Waals surface area contributed by atoms with Crippen LogP contribution in [-0.2, 0) is 14.9 Å². The van der Waals surface area contributed by atoms with Gasteiger partial charge in [0.1, 0.15) is 5.41 Å². The molecule has 0 heterocycles. The van der Waals surface area contributed by atoms with E-state index in [-0.39, 0.29) is 11.9 Å². The number of esters is 1. The zero-order valence-corrected chi connectivity index (χ0v) is 13.0. The summed E-state index contributed by atoms with van der Waals surface area (Å²) in [6.07, 6.45) is 0.808. The average molecular weight is 302 g/mol. The van der Waals surface area contributed by atoms with Gasteiger partial charge in [-0.25, -0.2) is 0 Å². The average Bonchev–Trinajstić information content (AvgIpc) is 3.38. The van der Waals surface area contributed by atoms with E-state index >= 15 is 0 Å². The van der Waals surface area contributed by atoms with Crippen molar-refractivity contribution >= 4 is 16.7 Å². The first-order valence-corrected chi connectivity index (χ1v) is 7.88. The van der Waals surface area contributed by atoms with Gasteiger partial charge in [0.25, 0.3) is 0 Å². The number of rotatable bonds is 3. The minimum Gasteiger partial charge on any atom is -0.468 e. The molecule has 3 aromatic rings. The lowest BCUT2D eigenvalue weighted by Gasteiger charge is -2.16. The highest BCUT2D eigenvalue weighted by molar-refractivity contribution is 5.90. The molecule has 0 aromatic heterocycles. The van der Waals surface area contributed by atoms with Crippen LogP contribution in [-0.4, -0.2) is 13.1 Å². The van der Waals surface area contributed by atoms with Crippen LogP contribution in [0, 0.1) is 0 Å². The molecule has 1 aliphatic carbocycles. The Kier molecular flexibility index (Phi) is 3.19. The Hall–Kier alpha value is -2.61. The van der Waals surface area contributed by atoms with E-state index < -0.39 is 5.41 Å². The van der Waals surface area contributed by atoms with Gasteiger partial charge >= 0.3 is 5.97 Å². The van der Waals surface area contributed by atoms with Crippen LogP contribution in [0.15, 0.2) is 72.8 Å². The first-order valence-electron chi connectivity index (χ1n) is 7.88. The molecule has 0 amide bonds. The van der Waals surface area contributed by atoms with Crippen molar-refractivity contribution in [3.8, 4) is 0 Å². The number of carbonyl (C=O) groups is 1. The van der Waals surface area contributed by atoms with E-state index in [4.69, 9.17) is 4.74 Å². The summed E-state index contributed by atoms with van der Waals surface area (Å²) in [6, 6.07) is 24.8. The fourth-order valence-electron chi connectivity index (χ4n) is 3.67. The Morgan fingerprint density at radius 1 is 0.957 bits per heavy atom. The summed E-state index contributed by atoms with van der Waals surface area (Å²) in [5, 5.41) is 2.43. The van der Waals surface area contributed by atoms with Crippen LogP contribution in [0.2, 0.25) is 0 Å². The maximum atomic E-state index is 12.5. The molecule has 0 N–H and O–H groups in total. The molecule has 0 aliphatic heterocycles. The molecule has 0 spiro atoms. The van der Waals surface area contributed by atoms with Crippen molar-refractivity contribution in [1.29, 1.82) is 0 Å². The van der Waals surface area contributed by atoms with Crippen molar-refractivity contribution in [3.63, 3.8) is 0 Å². The fourth-order valence-corrected chi connectivity index (χ4v) is 3.67. The minimum atomic E-state index is -0.529. The van der Waals surface area contributed by atoms with E-state index in [0.29, 0.717) is 0 Å². The summed E-state index contributed by atoms with van der Waals surface area (Å²) in [5.74, 6) is 0.0452. The highest BCUT2D eigenvalue weighted by Gasteiger charge is 2.62. The van der Waals surface area contributed by atoms with Crippen molar-refractivity contribution < 1.29 is 9.53 Å². The first-order chi connectivity index (χ1) is 11.3. The molecule has 3 aromatic carbocycles. The second-order valence-electron chi connectivity index (χ2n) is 6.19. The van der Waals surface area contributed by atoms with Crippen molar-refractivity contribution in [2.45, 2.75) is 17.8 Å². The second kappa shape index (κ2) is 5.24. The highest BCUT2D eigenvalue weighted by Crippen LogP contribution is 2.61. The standard InChI is InChI=1S/C21H18O2/c1-23-20(22)21(18-9-3-2-4-10-18)14-19(21)17-12-11-15-7-5-6-8-16(15)13-17/h2-13,19H,14H2,1H3/t19-,21-/m0/s1. The summed E-state index contributed by atoms with van der Waals surface area (Å²) in [5.41, 5.74) is 1.72. The number of hydrogen-bond acceptors (Lipinski definition) is 2. The Morgan fingerprint density at radius 2 is 1.65 bits per heavy atom. The van der Waals surface area contributed by atoms with Gasteiger partial charge in [-0.3, -0.25) is 4.79 Å². The Morgan fingerprint density at radius 3 is 2.39 bits per heavy atom. The predicted octanol–water partition coefficient (Wildman–Crippen LogP) is 4.44. The molecule has 0 unspecified atom stereocenters. The van der Waals surface area contributed by atoms with Crippen LogP contribution in [0.25, 0.3) is 10.8 Å². The summed E-state index contributed by atoms with van der Waals surface area (Å²) in [4.78, 5) is 12.5. The number of methoxy groups -OCH3 is 1. The van der Waals surface area contributed by atoms with E-state index in [1.54, 1.807) is 0 Å². The molecule has 0 bridgehead atoms. The maximum absolute atomic E-state index is 12.5. The molecule has 1 fully saturated rings. The van der Waals surface area contributed by atoms with Crippen molar-refractivity contribution in [2.75, 3.05) is 7.11 Å². The van der Waals surface area contributed by atoms with Gasteiger partial charge in [-0.1, -0.05) is 72.8 Å². The Bertz CT molecular complexity index is 869. The van der Waals surface area contributed by atoms with Crippen LogP contribution in [0.4, 0.5) is 0 Å². The fraction of sp³-hybridized carbons (Fsp3) is 0.190. The molecule has 2 nitrogen and oxygen atoms in total. The van der Waals surface area contributed by atoms with Crippen LogP contribution in [0.1, 0.15) is 23.5 Å². The molecule has 23 heavy (non-hydrogen) atoms. The monoisotopic (exact) mass is 302 g/mol. The van der Waals surface area contributed by atoms with Crippen LogP contribution in [0.3, 0.4) is 0 Å². The van der Waals surface area contributed by atoms with Gasteiger partial charge in [0, 0.05) is 5.92 Å². The molecule has 114 valence electrons. The summed E-state index contributed by atoms with van der Waals surface area (Å²) < 4.78 is 5.13. The van der Waals surface area contributed by atoms with Gasteiger partial charge in [-0.05, 0) is 28.3 Å². The predicted molar refractivity (Wildman–Crippen MR) is 91.4 cm³/mol. The lowest BCUT2D eigenvalue weighted by Crippen LogP contribution is -2.24. The van der Waals surface area contributed by atoms with E-state index in [1.807, 2.05) is 42.5 Å². The van der Waals surface area contributed by atoms with E-state index in [1.165, 1.54) is 23.4 Å². The second-order valence-corrected chi connectivity index (χ2v) is 6.19. The van der Waals surface area contributed by atoms with Gasteiger partial charge in [-0.15, -0.1) is 0 Å². The number of benzene rings is 3. The minimum absolute atomic E-state index is 0.137. The third-order valence-electron chi connectivity index (χ3n) is 4.98. The lowest BCUT2D eigenvalue weighted by molar-refractivity contribution is -0.143. The third kappa shape index (κ3) is 2.14. The lowest BCUT2D eigenvalue weighted by atomic mass is 9.90. The van der Waals surface area contributed by atoms with Gasteiger partial charge in [0.05, 0.1) is 7.11 Å². The van der Waals surface area contributed by atoms with Gasteiger partial charge in [0.2, 0.25) is 0 Å².